The van der Waals surface area contributed by atoms with Gasteiger partial charge in [-0.2, -0.15) is 5.26 Å². The Morgan fingerprint density at radius 1 is 0.893 bits per heavy atom. The Morgan fingerprint density at radius 3 is 2.07 bits per heavy atom. The monoisotopic (exact) mass is 367 g/mol. The number of hydrogen-bond donors (Lipinski definition) is 2. The Balaban J connectivity index is 1.68. The standard InChI is InChI=1S/C24H21N3O/c1-18(20-8-4-2-5-9-20)26-24(28)21(17-25)16-19-12-14-23(15-13-19)27-22-10-6-3-7-11-22/h2-16,18,27H,1H3,(H,26,28)/b21-16+/t18-/m1/s1. The molecule has 0 saturated heterocycles. The highest BCUT2D eigenvalue weighted by Crippen LogP contribution is 2.18. The van der Waals surface area contributed by atoms with E-state index in [2.05, 4.69) is 10.6 Å². The highest BCUT2D eigenvalue weighted by molar-refractivity contribution is 6.01. The lowest BCUT2D eigenvalue weighted by Gasteiger charge is -2.13. The average Bonchev–Trinajstić information content (AvgIpc) is 2.74. The van der Waals surface area contributed by atoms with Crippen LogP contribution in [0.3, 0.4) is 0 Å². The maximum Gasteiger partial charge on any atom is 0.262 e. The van der Waals surface area contributed by atoms with Gasteiger partial charge >= 0.3 is 0 Å². The van der Waals surface area contributed by atoms with Gasteiger partial charge in [-0.3, -0.25) is 4.79 Å². The Kier molecular flexibility index (Phi) is 6.22. The Morgan fingerprint density at radius 2 is 1.46 bits per heavy atom. The minimum absolute atomic E-state index is 0.0755. The van der Waals surface area contributed by atoms with Crippen LogP contribution in [0.25, 0.3) is 6.08 Å². The maximum absolute atomic E-state index is 12.5. The first-order chi connectivity index (χ1) is 13.7. The number of amides is 1. The van der Waals surface area contributed by atoms with E-state index in [1.165, 1.54) is 0 Å². The number of rotatable bonds is 6. The van der Waals surface area contributed by atoms with E-state index in [9.17, 15) is 10.1 Å². The predicted octanol–water partition coefficient (Wildman–Crippen LogP) is 5.21. The molecule has 4 nitrogen and oxygen atoms in total. The lowest BCUT2D eigenvalue weighted by atomic mass is 10.1. The largest absolute Gasteiger partial charge is 0.356 e. The smallest absolute Gasteiger partial charge is 0.262 e. The third-order valence-corrected chi connectivity index (χ3v) is 4.30. The molecular formula is C24H21N3O. The van der Waals surface area contributed by atoms with Crippen molar-refractivity contribution in [2.24, 2.45) is 0 Å². The van der Waals surface area contributed by atoms with E-state index >= 15 is 0 Å². The van der Waals surface area contributed by atoms with Gasteiger partial charge < -0.3 is 10.6 Å². The fraction of sp³-hybridized carbons (Fsp3) is 0.0833. The van der Waals surface area contributed by atoms with Gasteiger partial charge in [0, 0.05) is 11.4 Å². The molecule has 0 unspecified atom stereocenters. The third-order valence-electron chi connectivity index (χ3n) is 4.30. The molecule has 3 rings (SSSR count). The van der Waals surface area contributed by atoms with Crippen molar-refractivity contribution in [3.8, 4) is 6.07 Å². The molecule has 4 heteroatoms. The molecule has 2 N–H and O–H groups in total. The molecule has 0 aromatic heterocycles. The SMILES string of the molecule is C[C@@H](NC(=O)/C(C#N)=C/c1ccc(Nc2ccccc2)cc1)c1ccccc1. The first-order valence-electron chi connectivity index (χ1n) is 9.05. The number of hydrogen-bond acceptors (Lipinski definition) is 3. The van der Waals surface area contributed by atoms with Crippen molar-refractivity contribution < 1.29 is 4.79 Å². The summed E-state index contributed by atoms with van der Waals surface area (Å²) in [4.78, 5) is 12.5. The van der Waals surface area contributed by atoms with E-state index in [0.717, 1.165) is 22.5 Å². The molecule has 0 saturated carbocycles. The van der Waals surface area contributed by atoms with E-state index in [1.807, 2.05) is 97.9 Å². The highest BCUT2D eigenvalue weighted by atomic mass is 16.1. The lowest BCUT2D eigenvalue weighted by molar-refractivity contribution is -0.117. The predicted molar refractivity (Wildman–Crippen MR) is 113 cm³/mol. The van der Waals surface area contributed by atoms with Crippen LogP contribution >= 0.6 is 0 Å². The summed E-state index contributed by atoms with van der Waals surface area (Å²) < 4.78 is 0. The van der Waals surface area contributed by atoms with Crippen molar-refractivity contribution in [3.05, 3.63) is 102 Å². The summed E-state index contributed by atoms with van der Waals surface area (Å²) >= 11 is 0. The fourth-order valence-electron chi connectivity index (χ4n) is 2.77. The van der Waals surface area contributed by atoms with E-state index in [0.29, 0.717) is 0 Å². The Bertz CT molecular complexity index is 988. The maximum atomic E-state index is 12.5. The zero-order valence-corrected chi connectivity index (χ0v) is 15.6. The molecule has 28 heavy (non-hydrogen) atoms. The fourth-order valence-corrected chi connectivity index (χ4v) is 2.77. The quantitative estimate of drug-likeness (QED) is 0.464. The number of carbonyl (C=O) groups is 1. The van der Waals surface area contributed by atoms with Gasteiger partial charge in [0.25, 0.3) is 5.91 Å². The number of nitrogens with one attached hydrogen (secondary N) is 2. The van der Waals surface area contributed by atoms with Crippen molar-refractivity contribution in [3.63, 3.8) is 0 Å². The van der Waals surface area contributed by atoms with Crippen LogP contribution in [0, 0.1) is 11.3 Å². The van der Waals surface area contributed by atoms with Crippen LogP contribution in [-0.2, 0) is 4.79 Å². The van der Waals surface area contributed by atoms with Gasteiger partial charge in [-0.05, 0) is 48.4 Å². The number of para-hydroxylation sites is 1. The van der Waals surface area contributed by atoms with Gasteiger partial charge in [0.1, 0.15) is 11.6 Å². The topological polar surface area (TPSA) is 64.9 Å². The van der Waals surface area contributed by atoms with E-state index in [4.69, 9.17) is 0 Å². The number of nitriles is 1. The van der Waals surface area contributed by atoms with E-state index < -0.39 is 0 Å². The molecule has 1 amide bonds. The van der Waals surface area contributed by atoms with Gasteiger partial charge in [0.05, 0.1) is 6.04 Å². The molecular weight excluding hydrogens is 346 g/mol. The summed E-state index contributed by atoms with van der Waals surface area (Å²) in [5.74, 6) is -0.384. The summed E-state index contributed by atoms with van der Waals surface area (Å²) in [5, 5.41) is 15.6. The lowest BCUT2D eigenvalue weighted by Crippen LogP contribution is -2.27. The molecule has 3 aromatic carbocycles. The van der Waals surface area contributed by atoms with Gasteiger partial charge in [0.15, 0.2) is 0 Å². The first-order valence-corrected chi connectivity index (χ1v) is 9.05. The molecule has 3 aromatic rings. The first kappa shape index (κ1) is 18.9. The molecule has 0 heterocycles. The van der Waals surface area contributed by atoms with Crippen LogP contribution in [0.15, 0.2) is 90.5 Å². The molecule has 0 bridgehead atoms. The van der Waals surface area contributed by atoms with Crippen LogP contribution in [0.2, 0.25) is 0 Å². The number of carbonyl (C=O) groups excluding carboxylic acids is 1. The van der Waals surface area contributed by atoms with Crippen molar-refractivity contribution in [1.29, 1.82) is 5.26 Å². The number of anilines is 2. The highest BCUT2D eigenvalue weighted by Gasteiger charge is 2.13. The van der Waals surface area contributed by atoms with E-state index in [-0.39, 0.29) is 17.5 Å². The molecule has 0 aliphatic carbocycles. The Labute approximate surface area is 165 Å². The van der Waals surface area contributed by atoms with Crippen LogP contribution in [-0.4, -0.2) is 5.91 Å². The molecule has 0 aliphatic heterocycles. The number of nitrogens with zero attached hydrogens (tertiary/aromatic N) is 1. The Hall–Kier alpha value is -3.84. The third kappa shape index (κ3) is 5.09. The molecule has 1 atom stereocenters. The van der Waals surface area contributed by atoms with Gasteiger partial charge in [-0.25, -0.2) is 0 Å². The molecule has 138 valence electrons. The van der Waals surface area contributed by atoms with E-state index in [1.54, 1.807) is 6.08 Å². The molecule has 0 radical (unpaired) electrons. The van der Waals surface area contributed by atoms with Crippen molar-refractivity contribution in [1.82, 2.24) is 5.32 Å². The zero-order chi connectivity index (χ0) is 19.8. The molecule has 0 fully saturated rings. The zero-order valence-electron chi connectivity index (χ0n) is 15.6. The second kappa shape index (κ2) is 9.20. The van der Waals surface area contributed by atoms with Crippen molar-refractivity contribution in [2.75, 3.05) is 5.32 Å². The van der Waals surface area contributed by atoms with Crippen LogP contribution in [0.4, 0.5) is 11.4 Å². The molecule has 0 spiro atoms. The number of benzene rings is 3. The van der Waals surface area contributed by atoms with Gasteiger partial charge in [-0.1, -0.05) is 60.7 Å². The van der Waals surface area contributed by atoms with Crippen molar-refractivity contribution in [2.45, 2.75) is 13.0 Å². The normalized spacial score (nSPS) is 11.9. The summed E-state index contributed by atoms with van der Waals surface area (Å²) in [6.07, 6.45) is 1.60. The summed E-state index contributed by atoms with van der Waals surface area (Å²) in [5.41, 5.74) is 3.79. The summed E-state index contributed by atoms with van der Waals surface area (Å²) in [6.45, 7) is 1.90. The van der Waals surface area contributed by atoms with Crippen LogP contribution in [0.5, 0.6) is 0 Å². The van der Waals surface area contributed by atoms with Gasteiger partial charge in [0.2, 0.25) is 0 Å². The minimum Gasteiger partial charge on any atom is -0.356 e. The second-order valence-corrected chi connectivity index (χ2v) is 6.39. The second-order valence-electron chi connectivity index (χ2n) is 6.39. The minimum atomic E-state index is -0.384. The van der Waals surface area contributed by atoms with Crippen molar-refractivity contribution >= 4 is 23.4 Å². The average molecular weight is 367 g/mol. The summed E-state index contributed by atoms with van der Waals surface area (Å²) in [6, 6.07) is 28.9. The van der Waals surface area contributed by atoms with Crippen LogP contribution in [0.1, 0.15) is 24.1 Å². The molecule has 0 aliphatic rings. The van der Waals surface area contributed by atoms with Crippen LogP contribution < -0.4 is 10.6 Å². The summed E-state index contributed by atoms with van der Waals surface area (Å²) in [7, 11) is 0. The van der Waals surface area contributed by atoms with Gasteiger partial charge in [-0.15, -0.1) is 0 Å².